The fourth-order valence-electron chi connectivity index (χ4n) is 2.59. The minimum Gasteiger partial charge on any atom is -0.373 e. The van der Waals surface area contributed by atoms with E-state index in [1.165, 1.54) is 5.56 Å². The van der Waals surface area contributed by atoms with Crippen LogP contribution in [0.15, 0.2) is 24.3 Å². The molecule has 1 aromatic rings. The Hall–Kier alpha value is -1.10. The second kappa shape index (κ2) is 8.37. The molecule has 0 aliphatic carbocycles. The smallest absolute Gasteiger partial charge is 0.225 e. The van der Waals surface area contributed by atoms with E-state index in [0.29, 0.717) is 6.42 Å². The number of aryl methyl sites for hydroxylation is 1. The summed E-state index contributed by atoms with van der Waals surface area (Å²) >= 11 is 0. The first-order valence-corrected chi connectivity index (χ1v) is 7.27. The molecule has 0 aromatic heterocycles. The number of nitrogens with one attached hydrogen (secondary N) is 1. The first-order valence-electron chi connectivity index (χ1n) is 7.27. The molecule has 1 N–H and O–H groups in total. The van der Waals surface area contributed by atoms with Gasteiger partial charge in [-0.15, -0.1) is 12.4 Å². The van der Waals surface area contributed by atoms with Crippen LogP contribution < -0.4 is 5.32 Å². The Morgan fingerprint density at radius 2 is 1.81 bits per heavy atom. The summed E-state index contributed by atoms with van der Waals surface area (Å²) in [7, 11) is 0. The fourth-order valence-corrected chi connectivity index (χ4v) is 2.59. The van der Waals surface area contributed by atoms with E-state index in [-0.39, 0.29) is 30.5 Å². The third kappa shape index (κ3) is 6.04. The molecule has 1 saturated heterocycles. The third-order valence-electron chi connectivity index (χ3n) is 3.49. The van der Waals surface area contributed by atoms with Crippen molar-refractivity contribution >= 4 is 24.0 Å². The predicted molar refractivity (Wildman–Crippen MR) is 88.1 cm³/mol. The van der Waals surface area contributed by atoms with Gasteiger partial charge in [0, 0.05) is 31.7 Å². The highest BCUT2D eigenvalue weighted by Crippen LogP contribution is 2.12. The first kappa shape index (κ1) is 18.0. The number of ether oxygens (including phenoxy) is 1. The molecule has 1 aromatic carbocycles. The van der Waals surface area contributed by atoms with E-state index in [4.69, 9.17) is 4.74 Å². The maximum absolute atomic E-state index is 11.9. The van der Waals surface area contributed by atoms with Crippen LogP contribution in [-0.2, 0) is 9.53 Å². The standard InChI is InChI=1S/C16H24N2O2.ClH/c1-12-4-6-15(7-5-12)17-16(19)8-9-18-10-13(2)20-14(3)11-18;/h4-7,13-14H,8-11H2,1-3H3,(H,17,19);1H. The van der Waals surface area contributed by atoms with Crippen molar-refractivity contribution in [2.24, 2.45) is 0 Å². The van der Waals surface area contributed by atoms with Crippen LogP contribution in [0.25, 0.3) is 0 Å². The highest BCUT2D eigenvalue weighted by atomic mass is 35.5. The SMILES string of the molecule is Cc1ccc(NC(=O)CCN2CC(C)OC(C)C2)cc1.Cl. The average molecular weight is 313 g/mol. The maximum atomic E-state index is 11.9. The number of benzene rings is 1. The lowest BCUT2D eigenvalue weighted by molar-refractivity contribution is -0.117. The number of amides is 1. The molecule has 4 nitrogen and oxygen atoms in total. The van der Waals surface area contributed by atoms with Gasteiger partial charge in [0.2, 0.25) is 5.91 Å². The topological polar surface area (TPSA) is 41.6 Å². The molecule has 118 valence electrons. The Morgan fingerprint density at radius 1 is 1.24 bits per heavy atom. The molecule has 5 heteroatoms. The highest BCUT2D eigenvalue weighted by Gasteiger charge is 2.22. The summed E-state index contributed by atoms with van der Waals surface area (Å²) in [6.45, 7) is 8.79. The van der Waals surface area contributed by atoms with Crippen LogP contribution in [0.3, 0.4) is 0 Å². The van der Waals surface area contributed by atoms with Gasteiger partial charge in [-0.3, -0.25) is 9.69 Å². The molecule has 2 unspecified atom stereocenters. The largest absolute Gasteiger partial charge is 0.373 e. The zero-order valence-corrected chi connectivity index (χ0v) is 13.8. The Kier molecular flexibility index (Phi) is 7.15. The summed E-state index contributed by atoms with van der Waals surface area (Å²) in [5.41, 5.74) is 2.06. The molecule has 1 aliphatic rings. The molecule has 0 bridgehead atoms. The van der Waals surface area contributed by atoms with Crippen LogP contribution in [0.4, 0.5) is 5.69 Å². The summed E-state index contributed by atoms with van der Waals surface area (Å²) in [4.78, 5) is 14.2. The Morgan fingerprint density at radius 3 is 2.38 bits per heavy atom. The quantitative estimate of drug-likeness (QED) is 0.929. The van der Waals surface area contributed by atoms with Crippen molar-refractivity contribution in [3.63, 3.8) is 0 Å². The lowest BCUT2D eigenvalue weighted by atomic mass is 10.2. The molecule has 0 radical (unpaired) electrons. The second-order valence-corrected chi connectivity index (χ2v) is 5.68. The van der Waals surface area contributed by atoms with E-state index in [9.17, 15) is 4.79 Å². The Labute approximate surface area is 133 Å². The van der Waals surface area contributed by atoms with Crippen LogP contribution >= 0.6 is 12.4 Å². The number of carbonyl (C=O) groups excluding carboxylic acids is 1. The van der Waals surface area contributed by atoms with Gasteiger partial charge in [0.05, 0.1) is 12.2 Å². The molecule has 0 saturated carbocycles. The predicted octanol–water partition coefficient (Wildman–Crippen LogP) is 2.85. The summed E-state index contributed by atoms with van der Waals surface area (Å²) in [5.74, 6) is 0.0700. The zero-order valence-electron chi connectivity index (χ0n) is 13.0. The Bertz CT molecular complexity index is 440. The molecule has 0 spiro atoms. The van der Waals surface area contributed by atoms with Crippen molar-refractivity contribution in [3.8, 4) is 0 Å². The molecule has 1 amide bonds. The third-order valence-corrected chi connectivity index (χ3v) is 3.49. The van der Waals surface area contributed by atoms with E-state index >= 15 is 0 Å². The average Bonchev–Trinajstić information content (AvgIpc) is 2.38. The summed E-state index contributed by atoms with van der Waals surface area (Å²) < 4.78 is 5.69. The van der Waals surface area contributed by atoms with E-state index in [0.717, 1.165) is 25.3 Å². The van der Waals surface area contributed by atoms with E-state index in [2.05, 4.69) is 24.1 Å². The molecule has 21 heavy (non-hydrogen) atoms. The van der Waals surface area contributed by atoms with Gasteiger partial charge >= 0.3 is 0 Å². The summed E-state index contributed by atoms with van der Waals surface area (Å²) in [6, 6.07) is 7.88. The van der Waals surface area contributed by atoms with Gasteiger partial charge in [-0.1, -0.05) is 17.7 Å². The first-order chi connectivity index (χ1) is 9.52. The van der Waals surface area contributed by atoms with Gasteiger partial charge in [-0.05, 0) is 32.9 Å². The number of rotatable bonds is 4. The van der Waals surface area contributed by atoms with Gasteiger partial charge < -0.3 is 10.1 Å². The van der Waals surface area contributed by atoms with Gasteiger partial charge in [0.15, 0.2) is 0 Å². The number of hydrogen-bond donors (Lipinski definition) is 1. The molecule has 1 heterocycles. The number of hydrogen-bond acceptors (Lipinski definition) is 3. The van der Waals surface area contributed by atoms with E-state index in [1.54, 1.807) is 0 Å². The molecule has 1 aliphatic heterocycles. The number of morpholine rings is 1. The van der Waals surface area contributed by atoms with Crippen molar-refractivity contribution in [2.45, 2.75) is 39.4 Å². The van der Waals surface area contributed by atoms with Crippen molar-refractivity contribution in [1.82, 2.24) is 4.90 Å². The summed E-state index contributed by atoms with van der Waals surface area (Å²) in [6.07, 6.45) is 1.02. The monoisotopic (exact) mass is 312 g/mol. The number of anilines is 1. The van der Waals surface area contributed by atoms with Crippen LogP contribution in [0.5, 0.6) is 0 Å². The summed E-state index contributed by atoms with van der Waals surface area (Å²) in [5, 5.41) is 2.93. The van der Waals surface area contributed by atoms with Gasteiger partial charge in [0.25, 0.3) is 0 Å². The van der Waals surface area contributed by atoms with Gasteiger partial charge in [-0.25, -0.2) is 0 Å². The van der Waals surface area contributed by atoms with Crippen molar-refractivity contribution in [3.05, 3.63) is 29.8 Å². The van der Waals surface area contributed by atoms with Crippen LogP contribution in [0.1, 0.15) is 25.8 Å². The van der Waals surface area contributed by atoms with Crippen molar-refractivity contribution in [2.75, 3.05) is 25.0 Å². The van der Waals surface area contributed by atoms with E-state index < -0.39 is 0 Å². The second-order valence-electron chi connectivity index (χ2n) is 5.68. The van der Waals surface area contributed by atoms with Gasteiger partial charge in [0.1, 0.15) is 0 Å². The fraction of sp³-hybridized carbons (Fsp3) is 0.562. The molecule has 2 rings (SSSR count). The molecule has 2 atom stereocenters. The number of nitrogens with zero attached hydrogens (tertiary/aromatic N) is 1. The van der Waals surface area contributed by atoms with Crippen LogP contribution in [-0.4, -0.2) is 42.6 Å². The normalized spacial score (nSPS) is 22.4. The lowest BCUT2D eigenvalue weighted by Crippen LogP contribution is -2.46. The van der Waals surface area contributed by atoms with Gasteiger partial charge in [-0.2, -0.15) is 0 Å². The molecular weight excluding hydrogens is 288 g/mol. The van der Waals surface area contributed by atoms with Crippen LogP contribution in [0.2, 0.25) is 0 Å². The minimum absolute atomic E-state index is 0. The van der Waals surface area contributed by atoms with E-state index in [1.807, 2.05) is 31.2 Å². The minimum atomic E-state index is 0. The molecular formula is C16H25ClN2O2. The van der Waals surface area contributed by atoms with Crippen LogP contribution in [0, 0.1) is 6.92 Å². The van der Waals surface area contributed by atoms with Crippen molar-refractivity contribution in [1.29, 1.82) is 0 Å². The Balaban J connectivity index is 0.00000220. The number of halogens is 1. The highest BCUT2D eigenvalue weighted by molar-refractivity contribution is 5.90. The van der Waals surface area contributed by atoms with Crippen molar-refractivity contribution < 1.29 is 9.53 Å². The lowest BCUT2D eigenvalue weighted by Gasteiger charge is -2.35. The zero-order chi connectivity index (χ0) is 14.5. The maximum Gasteiger partial charge on any atom is 0.225 e. The molecule has 1 fully saturated rings. The number of carbonyl (C=O) groups is 1.